The molecule has 0 saturated heterocycles. The molecule has 0 saturated carbocycles. The second-order valence-electron chi connectivity index (χ2n) is 6.37. The number of hydrogen-bond acceptors (Lipinski definition) is 1. The first-order chi connectivity index (χ1) is 9.27. The molecule has 2 heteroatoms. The van der Waals surface area contributed by atoms with Gasteiger partial charge in [0.15, 0.2) is 0 Å². The fourth-order valence-corrected chi connectivity index (χ4v) is 2.54. The number of benzene rings is 2. The van der Waals surface area contributed by atoms with Crippen molar-refractivity contribution in [1.29, 1.82) is 0 Å². The van der Waals surface area contributed by atoms with Gasteiger partial charge in [-0.2, -0.15) is 0 Å². The standard InChI is InChI=1S/C18H22BrN/c1-12-10-14(18(3,4)5)11-13(2)17(12)20-16-8-6-15(19)7-9-16/h6-11,20H,1-5H3. The molecule has 2 rings (SSSR count). The van der Waals surface area contributed by atoms with E-state index >= 15 is 0 Å². The van der Waals surface area contributed by atoms with Gasteiger partial charge in [0, 0.05) is 15.8 Å². The Bertz CT molecular complexity index is 583. The SMILES string of the molecule is Cc1cc(C(C)(C)C)cc(C)c1Nc1ccc(Br)cc1. The number of halogens is 1. The molecule has 2 aromatic carbocycles. The first-order valence-corrected chi connectivity index (χ1v) is 7.71. The maximum Gasteiger partial charge on any atom is 0.0443 e. The number of aryl methyl sites for hydroxylation is 2. The van der Waals surface area contributed by atoms with Crippen molar-refractivity contribution in [2.75, 3.05) is 5.32 Å². The molecule has 0 spiro atoms. The number of anilines is 2. The normalized spacial score (nSPS) is 11.5. The second-order valence-corrected chi connectivity index (χ2v) is 7.28. The van der Waals surface area contributed by atoms with E-state index in [4.69, 9.17) is 0 Å². The number of hydrogen-bond donors (Lipinski definition) is 1. The van der Waals surface area contributed by atoms with E-state index in [0.717, 1.165) is 10.2 Å². The molecule has 0 atom stereocenters. The zero-order valence-corrected chi connectivity index (χ0v) is 14.4. The molecule has 0 radical (unpaired) electrons. The lowest BCUT2D eigenvalue weighted by Gasteiger charge is -2.23. The zero-order chi connectivity index (χ0) is 14.9. The van der Waals surface area contributed by atoms with Crippen molar-refractivity contribution in [1.82, 2.24) is 0 Å². The molecule has 0 aliphatic carbocycles. The van der Waals surface area contributed by atoms with Gasteiger partial charge >= 0.3 is 0 Å². The van der Waals surface area contributed by atoms with Crippen molar-refractivity contribution in [2.45, 2.75) is 40.0 Å². The van der Waals surface area contributed by atoms with Crippen molar-refractivity contribution < 1.29 is 0 Å². The molecule has 0 unspecified atom stereocenters. The van der Waals surface area contributed by atoms with Crippen LogP contribution in [0.4, 0.5) is 11.4 Å². The minimum atomic E-state index is 0.186. The Balaban J connectivity index is 2.36. The van der Waals surface area contributed by atoms with Gasteiger partial charge in [0.2, 0.25) is 0 Å². The molecule has 0 aromatic heterocycles. The number of rotatable bonds is 2. The van der Waals surface area contributed by atoms with Crippen molar-refractivity contribution >= 4 is 27.3 Å². The van der Waals surface area contributed by atoms with Gasteiger partial charge in [-0.25, -0.2) is 0 Å². The molecule has 1 nitrogen and oxygen atoms in total. The summed E-state index contributed by atoms with van der Waals surface area (Å²) < 4.78 is 1.10. The van der Waals surface area contributed by atoms with E-state index in [1.54, 1.807) is 0 Å². The quantitative estimate of drug-likeness (QED) is 0.700. The van der Waals surface area contributed by atoms with Gasteiger partial charge in [-0.3, -0.25) is 0 Å². The van der Waals surface area contributed by atoms with Crippen LogP contribution in [0.2, 0.25) is 0 Å². The van der Waals surface area contributed by atoms with Crippen LogP contribution in [0.3, 0.4) is 0 Å². The van der Waals surface area contributed by atoms with E-state index in [2.05, 4.69) is 92.3 Å². The molecule has 0 heterocycles. The topological polar surface area (TPSA) is 12.0 Å². The monoisotopic (exact) mass is 331 g/mol. The van der Waals surface area contributed by atoms with Crippen LogP contribution >= 0.6 is 15.9 Å². The molecule has 0 fully saturated rings. The van der Waals surface area contributed by atoms with Crippen LogP contribution in [0, 0.1) is 13.8 Å². The molecule has 2 aromatic rings. The van der Waals surface area contributed by atoms with E-state index < -0.39 is 0 Å². The summed E-state index contributed by atoms with van der Waals surface area (Å²) in [5.74, 6) is 0. The van der Waals surface area contributed by atoms with E-state index in [-0.39, 0.29) is 5.41 Å². The summed E-state index contributed by atoms with van der Waals surface area (Å²) in [7, 11) is 0. The lowest BCUT2D eigenvalue weighted by molar-refractivity contribution is 0.589. The highest BCUT2D eigenvalue weighted by Crippen LogP contribution is 2.31. The predicted molar refractivity (Wildman–Crippen MR) is 92.0 cm³/mol. The summed E-state index contributed by atoms with van der Waals surface area (Å²) in [6.45, 7) is 11.1. The fraction of sp³-hybridized carbons (Fsp3) is 0.333. The first-order valence-electron chi connectivity index (χ1n) is 6.92. The Morgan fingerprint density at radius 3 is 1.85 bits per heavy atom. The average molecular weight is 332 g/mol. The Morgan fingerprint density at radius 1 is 0.900 bits per heavy atom. The molecule has 0 amide bonds. The van der Waals surface area contributed by atoms with Gasteiger partial charge in [-0.05, 0) is 60.2 Å². The second kappa shape index (κ2) is 5.61. The lowest BCUT2D eigenvalue weighted by Crippen LogP contribution is -2.12. The van der Waals surface area contributed by atoms with Crippen LogP contribution in [0.25, 0.3) is 0 Å². The van der Waals surface area contributed by atoms with E-state index in [1.807, 2.05) is 0 Å². The predicted octanol–water partition coefficient (Wildman–Crippen LogP) is 6.11. The number of nitrogens with one attached hydrogen (secondary N) is 1. The van der Waals surface area contributed by atoms with Crippen LogP contribution < -0.4 is 5.32 Å². The van der Waals surface area contributed by atoms with E-state index in [0.29, 0.717) is 0 Å². The van der Waals surface area contributed by atoms with Crippen LogP contribution in [0.15, 0.2) is 40.9 Å². The van der Waals surface area contributed by atoms with Crippen LogP contribution in [0.5, 0.6) is 0 Å². The van der Waals surface area contributed by atoms with Crippen molar-refractivity contribution in [3.05, 3.63) is 57.6 Å². The average Bonchev–Trinajstić information content (AvgIpc) is 2.34. The molecule has 20 heavy (non-hydrogen) atoms. The first kappa shape index (κ1) is 15.1. The van der Waals surface area contributed by atoms with E-state index in [1.165, 1.54) is 22.4 Å². The summed E-state index contributed by atoms with van der Waals surface area (Å²) in [5, 5.41) is 3.53. The van der Waals surface area contributed by atoms with Gasteiger partial charge < -0.3 is 5.32 Å². The summed E-state index contributed by atoms with van der Waals surface area (Å²) in [6.07, 6.45) is 0. The third-order valence-electron chi connectivity index (χ3n) is 3.51. The fourth-order valence-electron chi connectivity index (χ4n) is 2.27. The van der Waals surface area contributed by atoms with Crippen LogP contribution in [0.1, 0.15) is 37.5 Å². The van der Waals surface area contributed by atoms with Gasteiger partial charge in [0.25, 0.3) is 0 Å². The molecular formula is C18H22BrN. The van der Waals surface area contributed by atoms with Gasteiger partial charge in [-0.1, -0.05) is 48.8 Å². The largest absolute Gasteiger partial charge is 0.355 e. The maximum atomic E-state index is 3.53. The highest BCUT2D eigenvalue weighted by molar-refractivity contribution is 9.10. The Hall–Kier alpha value is -1.28. The highest BCUT2D eigenvalue weighted by Gasteiger charge is 2.16. The van der Waals surface area contributed by atoms with E-state index in [9.17, 15) is 0 Å². The minimum Gasteiger partial charge on any atom is -0.355 e. The summed E-state index contributed by atoms with van der Waals surface area (Å²) in [6, 6.07) is 12.8. The Kier molecular flexibility index (Phi) is 4.24. The van der Waals surface area contributed by atoms with Crippen molar-refractivity contribution in [3.63, 3.8) is 0 Å². The molecule has 0 aliphatic rings. The van der Waals surface area contributed by atoms with Gasteiger partial charge in [0.05, 0.1) is 0 Å². The summed E-state index contributed by atoms with van der Waals surface area (Å²) >= 11 is 3.46. The molecular weight excluding hydrogens is 310 g/mol. The third kappa shape index (κ3) is 3.43. The minimum absolute atomic E-state index is 0.186. The van der Waals surface area contributed by atoms with Crippen LogP contribution in [-0.2, 0) is 5.41 Å². The summed E-state index contributed by atoms with van der Waals surface area (Å²) in [4.78, 5) is 0. The molecule has 106 valence electrons. The Morgan fingerprint density at radius 2 is 1.40 bits per heavy atom. The Labute approximate surface area is 130 Å². The van der Waals surface area contributed by atoms with Crippen molar-refractivity contribution in [3.8, 4) is 0 Å². The summed E-state index contributed by atoms with van der Waals surface area (Å²) in [5.41, 5.74) is 6.47. The zero-order valence-electron chi connectivity index (χ0n) is 12.8. The van der Waals surface area contributed by atoms with Gasteiger partial charge in [-0.15, -0.1) is 0 Å². The third-order valence-corrected chi connectivity index (χ3v) is 4.04. The molecule has 0 aliphatic heterocycles. The smallest absolute Gasteiger partial charge is 0.0443 e. The van der Waals surface area contributed by atoms with Gasteiger partial charge in [0.1, 0.15) is 0 Å². The van der Waals surface area contributed by atoms with Crippen LogP contribution in [-0.4, -0.2) is 0 Å². The molecule has 0 bridgehead atoms. The maximum absolute atomic E-state index is 3.53. The lowest BCUT2D eigenvalue weighted by atomic mass is 9.85. The molecule has 1 N–H and O–H groups in total. The van der Waals surface area contributed by atoms with Crippen molar-refractivity contribution in [2.24, 2.45) is 0 Å². The highest BCUT2D eigenvalue weighted by atomic mass is 79.9.